The van der Waals surface area contributed by atoms with E-state index in [9.17, 15) is 9.59 Å². The van der Waals surface area contributed by atoms with Crippen LogP contribution in [0.15, 0.2) is 65.6 Å². The van der Waals surface area contributed by atoms with Gasteiger partial charge in [-0.3, -0.25) is 19.4 Å². The number of aromatic amines is 1. The minimum atomic E-state index is -0.185. The maximum atomic E-state index is 12.6. The van der Waals surface area contributed by atoms with E-state index < -0.39 is 0 Å². The number of benzene rings is 2. The molecule has 4 aromatic rings. The van der Waals surface area contributed by atoms with Gasteiger partial charge in [0.2, 0.25) is 5.91 Å². The topological polar surface area (TPSA) is 99.2 Å². The van der Waals surface area contributed by atoms with Crippen molar-refractivity contribution in [3.8, 4) is 5.69 Å². The monoisotopic (exact) mass is 471 g/mol. The van der Waals surface area contributed by atoms with Crippen molar-refractivity contribution in [2.45, 2.75) is 19.9 Å². The Morgan fingerprint density at radius 2 is 1.71 bits per heavy atom. The van der Waals surface area contributed by atoms with E-state index in [4.69, 9.17) is 4.98 Å². The van der Waals surface area contributed by atoms with Crippen molar-refractivity contribution < 1.29 is 4.79 Å². The highest BCUT2D eigenvalue weighted by Crippen LogP contribution is 2.16. The van der Waals surface area contributed by atoms with Crippen LogP contribution < -0.4 is 10.9 Å². The maximum absolute atomic E-state index is 12.6. The van der Waals surface area contributed by atoms with E-state index in [0.29, 0.717) is 29.9 Å². The first-order valence-corrected chi connectivity index (χ1v) is 12.0. The highest BCUT2D eigenvalue weighted by molar-refractivity contribution is 5.93. The molecule has 2 aromatic heterocycles. The van der Waals surface area contributed by atoms with Gasteiger partial charge in [-0.05, 0) is 30.2 Å². The van der Waals surface area contributed by atoms with Crippen LogP contribution in [0, 0.1) is 0 Å². The molecule has 0 spiro atoms. The van der Waals surface area contributed by atoms with E-state index in [2.05, 4.69) is 32.1 Å². The number of aromatic nitrogens is 4. The van der Waals surface area contributed by atoms with Crippen LogP contribution in [-0.4, -0.2) is 68.2 Å². The number of fused-ring (bicyclic) bond motifs is 1. The second-order valence-electron chi connectivity index (χ2n) is 8.75. The molecule has 2 N–H and O–H groups in total. The van der Waals surface area contributed by atoms with E-state index in [0.717, 1.165) is 49.5 Å². The summed E-state index contributed by atoms with van der Waals surface area (Å²) in [6, 6.07) is 17.6. The third-order valence-electron chi connectivity index (χ3n) is 6.37. The van der Waals surface area contributed by atoms with Crippen LogP contribution in [0.1, 0.15) is 18.3 Å². The Balaban J connectivity index is 1.20. The number of carbonyl (C=O) groups is 1. The Morgan fingerprint density at radius 3 is 2.49 bits per heavy atom. The van der Waals surface area contributed by atoms with Crippen molar-refractivity contribution in [1.82, 2.24) is 29.5 Å². The first kappa shape index (κ1) is 22.9. The lowest BCUT2D eigenvalue weighted by molar-refractivity contribution is -0.117. The fourth-order valence-electron chi connectivity index (χ4n) is 4.46. The number of amides is 1. The quantitative estimate of drug-likeness (QED) is 0.430. The normalized spacial score (nSPS) is 14.9. The van der Waals surface area contributed by atoms with Gasteiger partial charge in [-0.1, -0.05) is 43.3 Å². The van der Waals surface area contributed by atoms with Crippen LogP contribution in [0.25, 0.3) is 16.7 Å². The molecule has 9 nitrogen and oxygen atoms in total. The van der Waals surface area contributed by atoms with Crippen LogP contribution in [-0.2, 0) is 17.8 Å². The molecule has 1 fully saturated rings. The molecule has 0 aliphatic carbocycles. The zero-order valence-corrected chi connectivity index (χ0v) is 19.8. The molecule has 1 saturated heterocycles. The smallest absolute Gasteiger partial charge is 0.262 e. The van der Waals surface area contributed by atoms with Crippen LogP contribution >= 0.6 is 0 Å². The number of aryl methyl sites for hydroxylation is 1. The number of rotatable bonds is 7. The third-order valence-corrected chi connectivity index (χ3v) is 6.37. The molecular weight excluding hydrogens is 442 g/mol. The summed E-state index contributed by atoms with van der Waals surface area (Å²) in [4.78, 5) is 37.2. The summed E-state index contributed by atoms with van der Waals surface area (Å²) in [6.07, 6.45) is 2.43. The minimum absolute atomic E-state index is 0.00460. The van der Waals surface area contributed by atoms with Crippen molar-refractivity contribution in [2.75, 3.05) is 38.0 Å². The highest BCUT2D eigenvalue weighted by atomic mass is 16.2. The molecule has 1 aliphatic heterocycles. The first-order chi connectivity index (χ1) is 17.1. The molecule has 0 saturated carbocycles. The number of anilines is 1. The highest BCUT2D eigenvalue weighted by Gasteiger charge is 2.21. The SMILES string of the molecule is CCc1ccccc1NC(=O)CN1CCN(Cc2nc3c(cnn3-c3ccccc3)c(=O)[nH]2)CC1. The van der Waals surface area contributed by atoms with Crippen molar-refractivity contribution in [3.63, 3.8) is 0 Å². The zero-order chi connectivity index (χ0) is 24.2. The lowest BCUT2D eigenvalue weighted by atomic mass is 10.1. The Bertz CT molecular complexity index is 1370. The second kappa shape index (κ2) is 10.2. The second-order valence-corrected chi connectivity index (χ2v) is 8.75. The average Bonchev–Trinajstić information content (AvgIpc) is 3.31. The number of para-hydroxylation sites is 2. The minimum Gasteiger partial charge on any atom is -0.325 e. The molecule has 3 heterocycles. The van der Waals surface area contributed by atoms with Crippen molar-refractivity contribution in [3.05, 3.63) is 82.5 Å². The van der Waals surface area contributed by atoms with E-state index >= 15 is 0 Å². The zero-order valence-electron chi connectivity index (χ0n) is 19.8. The molecule has 0 radical (unpaired) electrons. The third kappa shape index (κ3) is 5.16. The number of hydrogen-bond donors (Lipinski definition) is 2. The molecule has 2 aromatic carbocycles. The van der Waals surface area contributed by atoms with Crippen molar-refractivity contribution in [1.29, 1.82) is 0 Å². The Kier molecular flexibility index (Phi) is 6.69. The van der Waals surface area contributed by atoms with Gasteiger partial charge >= 0.3 is 0 Å². The van der Waals surface area contributed by atoms with Crippen molar-refractivity contribution >= 4 is 22.6 Å². The number of hydrogen-bond acceptors (Lipinski definition) is 6. The van der Waals surface area contributed by atoms with E-state index in [1.165, 1.54) is 0 Å². The van der Waals surface area contributed by atoms with Gasteiger partial charge in [0.25, 0.3) is 5.56 Å². The van der Waals surface area contributed by atoms with Gasteiger partial charge in [0, 0.05) is 31.9 Å². The molecule has 9 heteroatoms. The van der Waals surface area contributed by atoms with Gasteiger partial charge in [-0.25, -0.2) is 9.67 Å². The lowest BCUT2D eigenvalue weighted by Crippen LogP contribution is -2.48. The molecule has 0 atom stereocenters. The van der Waals surface area contributed by atoms with Crippen LogP contribution in [0.2, 0.25) is 0 Å². The Morgan fingerprint density at radius 1 is 1.00 bits per heavy atom. The number of nitrogens with zero attached hydrogens (tertiary/aromatic N) is 5. The fraction of sp³-hybridized carbons (Fsp3) is 0.308. The van der Waals surface area contributed by atoms with E-state index in [1.807, 2.05) is 54.6 Å². The number of piperazine rings is 1. The summed E-state index contributed by atoms with van der Waals surface area (Å²) in [5.74, 6) is 0.618. The molecule has 0 bridgehead atoms. The van der Waals surface area contributed by atoms with Gasteiger partial charge in [-0.2, -0.15) is 5.10 Å². The molecule has 35 heavy (non-hydrogen) atoms. The molecule has 5 rings (SSSR count). The lowest BCUT2D eigenvalue weighted by Gasteiger charge is -2.33. The van der Waals surface area contributed by atoms with Gasteiger partial charge in [0.05, 0.1) is 25.0 Å². The summed E-state index contributed by atoms with van der Waals surface area (Å²) in [5, 5.41) is 7.89. The van der Waals surface area contributed by atoms with Crippen LogP contribution in [0.5, 0.6) is 0 Å². The van der Waals surface area contributed by atoms with Gasteiger partial charge in [-0.15, -0.1) is 0 Å². The van der Waals surface area contributed by atoms with E-state index in [-0.39, 0.29) is 11.5 Å². The van der Waals surface area contributed by atoms with Gasteiger partial charge < -0.3 is 10.3 Å². The Hall–Kier alpha value is -3.82. The summed E-state index contributed by atoms with van der Waals surface area (Å²) in [6.45, 7) is 6.11. The fourth-order valence-corrected chi connectivity index (χ4v) is 4.46. The Labute approximate surface area is 203 Å². The maximum Gasteiger partial charge on any atom is 0.262 e. The summed E-state index contributed by atoms with van der Waals surface area (Å²) >= 11 is 0. The largest absolute Gasteiger partial charge is 0.325 e. The standard InChI is InChI=1S/C26H29N7O2/c1-2-19-8-6-7-11-22(19)28-24(34)18-32-14-12-31(13-15-32)17-23-29-25-21(26(35)30-23)16-27-33(25)20-9-4-3-5-10-20/h3-11,16H,2,12-15,17-18H2,1H3,(H,28,34)(H,29,30,35). The number of carbonyl (C=O) groups excluding carboxylic acids is 1. The first-order valence-electron chi connectivity index (χ1n) is 12.0. The van der Waals surface area contributed by atoms with Crippen LogP contribution in [0.4, 0.5) is 5.69 Å². The number of nitrogens with one attached hydrogen (secondary N) is 2. The predicted molar refractivity (Wildman–Crippen MR) is 136 cm³/mol. The van der Waals surface area contributed by atoms with Gasteiger partial charge in [0.1, 0.15) is 11.2 Å². The average molecular weight is 472 g/mol. The summed E-state index contributed by atoms with van der Waals surface area (Å²) in [5.41, 5.74) is 3.25. The molecule has 1 amide bonds. The predicted octanol–water partition coefficient (Wildman–Crippen LogP) is 2.43. The van der Waals surface area contributed by atoms with Gasteiger partial charge in [0.15, 0.2) is 5.65 Å². The van der Waals surface area contributed by atoms with E-state index in [1.54, 1.807) is 10.9 Å². The molecule has 1 aliphatic rings. The molecule has 180 valence electrons. The van der Waals surface area contributed by atoms with Crippen molar-refractivity contribution in [2.24, 2.45) is 0 Å². The summed E-state index contributed by atoms with van der Waals surface area (Å²) in [7, 11) is 0. The van der Waals surface area contributed by atoms with Crippen LogP contribution in [0.3, 0.4) is 0 Å². The summed E-state index contributed by atoms with van der Waals surface area (Å²) < 4.78 is 1.70. The number of H-pyrrole nitrogens is 1. The molecule has 0 unspecified atom stereocenters. The molecular formula is C26H29N7O2.